The topological polar surface area (TPSA) is 92.5 Å². The summed E-state index contributed by atoms with van der Waals surface area (Å²) in [5.74, 6) is 5.13. The molecule has 14 heavy (non-hydrogen) atoms. The number of nitrogens with one attached hydrogen (secondary N) is 1. The molecule has 3 N–H and O–H groups in total. The maximum atomic E-state index is 11.8. The Morgan fingerprint density at radius 1 is 1.50 bits per heavy atom. The van der Waals surface area contributed by atoms with Crippen molar-refractivity contribution in [3.8, 4) is 0 Å². The zero-order valence-electron chi connectivity index (χ0n) is 7.69. The zero-order valence-corrected chi connectivity index (χ0v) is 8.51. The summed E-state index contributed by atoms with van der Waals surface area (Å²) in [5, 5.41) is 3.96. The number of nitrogens with two attached hydrogens (primary N) is 1. The maximum Gasteiger partial charge on any atom is 0.242 e. The van der Waals surface area contributed by atoms with Crippen molar-refractivity contribution in [2.45, 2.75) is 11.2 Å². The van der Waals surface area contributed by atoms with Gasteiger partial charge in [-0.2, -0.15) is 0 Å². The van der Waals surface area contributed by atoms with Crippen LogP contribution in [0.1, 0.15) is 6.42 Å². The molecule has 1 unspecified atom stereocenters. The van der Waals surface area contributed by atoms with Crippen molar-refractivity contribution >= 4 is 15.7 Å². The Morgan fingerprint density at radius 3 is 2.79 bits per heavy atom. The Morgan fingerprint density at radius 2 is 2.21 bits per heavy atom. The molecule has 1 atom stereocenters. The number of sulfone groups is 1. The summed E-state index contributed by atoms with van der Waals surface area (Å²) in [6.07, 6.45) is 0.335. The van der Waals surface area contributed by atoms with Crippen LogP contribution in [0.25, 0.3) is 0 Å². The van der Waals surface area contributed by atoms with Crippen LogP contribution in [0.4, 0.5) is 0 Å². The van der Waals surface area contributed by atoms with Crippen LogP contribution >= 0.6 is 0 Å². The van der Waals surface area contributed by atoms with Gasteiger partial charge >= 0.3 is 0 Å². The van der Waals surface area contributed by atoms with Crippen molar-refractivity contribution in [3.05, 3.63) is 0 Å². The first-order valence-electron chi connectivity index (χ1n) is 4.48. The van der Waals surface area contributed by atoms with Gasteiger partial charge in [-0.1, -0.05) is 0 Å². The third-order valence-electron chi connectivity index (χ3n) is 2.93. The Kier molecular flexibility index (Phi) is 2.06. The normalized spacial score (nSPS) is 37.4. The summed E-state index contributed by atoms with van der Waals surface area (Å²) >= 11 is 0. The predicted octanol–water partition coefficient (Wildman–Crippen LogP) is -2.15. The number of hydrazine groups is 1. The van der Waals surface area contributed by atoms with Crippen LogP contribution in [0.3, 0.4) is 0 Å². The number of rotatable bonds is 0. The largest absolute Gasteiger partial charge is 0.355 e. The van der Waals surface area contributed by atoms with E-state index < -0.39 is 20.5 Å². The SMILES string of the molecule is NN1CCS(=O)(=O)C2(CCNC2=O)C1. The molecule has 0 aliphatic carbocycles. The molecule has 2 aliphatic rings. The van der Waals surface area contributed by atoms with E-state index in [0.29, 0.717) is 19.5 Å². The average Bonchev–Trinajstić information content (AvgIpc) is 2.44. The van der Waals surface area contributed by atoms with Crippen molar-refractivity contribution in [2.75, 3.05) is 25.4 Å². The molecule has 0 aromatic rings. The van der Waals surface area contributed by atoms with Crippen LogP contribution in [0.15, 0.2) is 0 Å². The fraction of sp³-hybridized carbons (Fsp3) is 0.857. The molecule has 2 saturated heterocycles. The van der Waals surface area contributed by atoms with E-state index in [1.165, 1.54) is 5.01 Å². The summed E-state index contributed by atoms with van der Waals surface area (Å²) in [6, 6.07) is 0. The van der Waals surface area contributed by atoms with E-state index in [-0.39, 0.29) is 12.3 Å². The highest BCUT2D eigenvalue weighted by Crippen LogP contribution is 2.30. The molecule has 7 heteroatoms. The van der Waals surface area contributed by atoms with Gasteiger partial charge in [-0.25, -0.2) is 13.4 Å². The van der Waals surface area contributed by atoms with Crippen LogP contribution in [0, 0.1) is 0 Å². The Balaban J connectivity index is 2.43. The predicted molar refractivity (Wildman–Crippen MR) is 49.9 cm³/mol. The van der Waals surface area contributed by atoms with Gasteiger partial charge in [0.25, 0.3) is 0 Å². The average molecular weight is 219 g/mol. The quantitative estimate of drug-likeness (QED) is 0.453. The van der Waals surface area contributed by atoms with Crippen molar-refractivity contribution in [1.29, 1.82) is 0 Å². The van der Waals surface area contributed by atoms with Crippen LogP contribution in [-0.4, -0.2) is 49.5 Å². The van der Waals surface area contributed by atoms with Crippen molar-refractivity contribution in [3.63, 3.8) is 0 Å². The fourth-order valence-corrected chi connectivity index (χ4v) is 4.03. The lowest BCUT2D eigenvalue weighted by molar-refractivity contribution is -0.121. The summed E-state index contributed by atoms with van der Waals surface area (Å²) in [4.78, 5) is 11.5. The second-order valence-electron chi connectivity index (χ2n) is 3.79. The number of nitrogens with zero attached hydrogens (tertiary/aromatic N) is 1. The fourth-order valence-electron chi connectivity index (χ4n) is 2.04. The van der Waals surface area contributed by atoms with E-state index in [1.807, 2.05) is 0 Å². The lowest BCUT2D eigenvalue weighted by Gasteiger charge is -2.35. The van der Waals surface area contributed by atoms with Crippen molar-refractivity contribution < 1.29 is 13.2 Å². The number of carbonyl (C=O) groups is 1. The molecule has 0 aromatic heterocycles. The van der Waals surface area contributed by atoms with Crippen LogP contribution in [0.5, 0.6) is 0 Å². The van der Waals surface area contributed by atoms with Crippen molar-refractivity contribution in [1.82, 2.24) is 10.3 Å². The minimum atomic E-state index is -3.34. The lowest BCUT2D eigenvalue weighted by Crippen LogP contribution is -2.61. The minimum absolute atomic E-state index is 0.0308. The molecule has 2 fully saturated rings. The molecular weight excluding hydrogens is 206 g/mol. The molecule has 1 amide bonds. The summed E-state index contributed by atoms with van der Waals surface area (Å²) in [7, 11) is -3.34. The van der Waals surface area contributed by atoms with E-state index in [2.05, 4.69) is 5.32 Å². The summed E-state index contributed by atoms with van der Waals surface area (Å²) in [5.41, 5.74) is 0. The molecule has 0 bridgehead atoms. The molecule has 2 heterocycles. The standard InChI is InChI=1S/C7H13N3O3S/c8-10-3-4-14(12,13)7(5-10)1-2-9-6(7)11/h1-5,8H2,(H,9,11). The van der Waals surface area contributed by atoms with Crippen LogP contribution in [-0.2, 0) is 14.6 Å². The van der Waals surface area contributed by atoms with Gasteiger partial charge in [-0.3, -0.25) is 10.6 Å². The number of hydrogen-bond donors (Lipinski definition) is 2. The lowest BCUT2D eigenvalue weighted by atomic mass is 10.1. The third-order valence-corrected chi connectivity index (χ3v) is 5.36. The van der Waals surface area contributed by atoms with Gasteiger partial charge in [0.2, 0.25) is 5.91 Å². The minimum Gasteiger partial charge on any atom is -0.355 e. The second-order valence-corrected chi connectivity index (χ2v) is 6.21. The molecule has 2 aliphatic heterocycles. The van der Waals surface area contributed by atoms with Crippen LogP contribution in [0.2, 0.25) is 0 Å². The molecule has 0 aromatic carbocycles. The molecule has 6 nitrogen and oxygen atoms in total. The summed E-state index contributed by atoms with van der Waals surface area (Å²) < 4.78 is 22.4. The third kappa shape index (κ3) is 1.16. The Hall–Kier alpha value is -0.660. The van der Waals surface area contributed by atoms with E-state index in [4.69, 9.17) is 5.84 Å². The molecule has 0 saturated carbocycles. The van der Waals surface area contributed by atoms with E-state index in [0.717, 1.165) is 0 Å². The number of carbonyl (C=O) groups excluding carboxylic acids is 1. The molecule has 2 rings (SSSR count). The Bertz CT molecular complexity index is 366. The van der Waals surface area contributed by atoms with E-state index in [9.17, 15) is 13.2 Å². The molecule has 80 valence electrons. The highest BCUT2D eigenvalue weighted by atomic mass is 32.2. The van der Waals surface area contributed by atoms with Crippen LogP contribution < -0.4 is 11.2 Å². The van der Waals surface area contributed by atoms with E-state index >= 15 is 0 Å². The maximum absolute atomic E-state index is 11.8. The first kappa shape index (κ1) is 9.88. The van der Waals surface area contributed by atoms with Gasteiger partial charge in [-0.15, -0.1) is 0 Å². The first-order valence-corrected chi connectivity index (χ1v) is 6.13. The molecule has 1 spiro atoms. The number of hydrogen-bond acceptors (Lipinski definition) is 5. The molecular formula is C7H13N3O3S. The smallest absolute Gasteiger partial charge is 0.242 e. The highest BCUT2D eigenvalue weighted by Gasteiger charge is 2.55. The second kappa shape index (κ2) is 2.91. The van der Waals surface area contributed by atoms with Gasteiger partial charge in [0.05, 0.1) is 5.75 Å². The first-order chi connectivity index (χ1) is 6.48. The van der Waals surface area contributed by atoms with Gasteiger partial charge < -0.3 is 5.32 Å². The number of amides is 1. The summed E-state index contributed by atoms with van der Waals surface area (Å²) in [6.45, 7) is 0.838. The van der Waals surface area contributed by atoms with Gasteiger partial charge in [0.1, 0.15) is 0 Å². The van der Waals surface area contributed by atoms with Gasteiger partial charge in [-0.05, 0) is 6.42 Å². The Labute approximate surface area is 82.3 Å². The van der Waals surface area contributed by atoms with Gasteiger partial charge in [0.15, 0.2) is 14.6 Å². The van der Waals surface area contributed by atoms with Crippen molar-refractivity contribution in [2.24, 2.45) is 5.84 Å². The zero-order chi connectivity index (χ0) is 10.4. The molecule has 0 radical (unpaired) electrons. The van der Waals surface area contributed by atoms with Gasteiger partial charge in [0, 0.05) is 19.6 Å². The monoisotopic (exact) mass is 219 g/mol. The van der Waals surface area contributed by atoms with E-state index in [1.54, 1.807) is 0 Å². The highest BCUT2D eigenvalue weighted by molar-refractivity contribution is 7.93.